The molecule has 0 radical (unpaired) electrons. The lowest BCUT2D eigenvalue weighted by molar-refractivity contribution is 0.470. The summed E-state index contributed by atoms with van der Waals surface area (Å²) in [5.74, 6) is 0.161. The number of nitrogens with zero attached hydrogens (tertiary/aromatic N) is 1. The van der Waals surface area contributed by atoms with E-state index in [1.165, 1.54) is 10.6 Å². The summed E-state index contributed by atoms with van der Waals surface area (Å²) in [5.41, 5.74) is 0.529. The van der Waals surface area contributed by atoms with Crippen molar-refractivity contribution in [1.82, 2.24) is 9.55 Å². The number of phenols is 1. The van der Waals surface area contributed by atoms with Crippen molar-refractivity contribution >= 4 is 20.9 Å². The highest BCUT2D eigenvalue weighted by atomic mass is 32.2. The average Bonchev–Trinajstić information content (AvgIpc) is 2.66. The molecule has 2 aromatic rings. The summed E-state index contributed by atoms with van der Waals surface area (Å²) in [6, 6.07) is 4.47. The van der Waals surface area contributed by atoms with Gasteiger partial charge in [-0.1, -0.05) is 6.07 Å². The van der Waals surface area contributed by atoms with Crippen LogP contribution in [0.2, 0.25) is 0 Å². The van der Waals surface area contributed by atoms with Crippen LogP contribution in [0.1, 0.15) is 18.9 Å². The zero-order valence-electron chi connectivity index (χ0n) is 10.2. The zero-order valence-corrected chi connectivity index (χ0v) is 11.0. The van der Waals surface area contributed by atoms with Gasteiger partial charge in [0.1, 0.15) is 11.3 Å². The van der Waals surface area contributed by atoms with Gasteiger partial charge >= 0.3 is 5.69 Å². The van der Waals surface area contributed by atoms with Crippen LogP contribution in [0, 0.1) is 0 Å². The monoisotopic (exact) mass is 282 g/mol. The van der Waals surface area contributed by atoms with Crippen LogP contribution in [-0.4, -0.2) is 34.6 Å². The molecule has 1 aromatic carbocycles. The van der Waals surface area contributed by atoms with E-state index in [2.05, 4.69) is 4.98 Å². The van der Waals surface area contributed by atoms with Crippen molar-refractivity contribution in [2.45, 2.75) is 18.9 Å². The number of aromatic nitrogens is 2. The highest BCUT2D eigenvalue weighted by Gasteiger charge is 2.28. The van der Waals surface area contributed by atoms with E-state index < -0.39 is 9.84 Å². The Morgan fingerprint density at radius 2 is 2.16 bits per heavy atom. The fourth-order valence-electron chi connectivity index (χ4n) is 2.70. The van der Waals surface area contributed by atoms with Gasteiger partial charge in [0.2, 0.25) is 0 Å². The molecular weight excluding hydrogens is 268 g/mol. The van der Waals surface area contributed by atoms with Crippen molar-refractivity contribution in [2.24, 2.45) is 0 Å². The maximum absolute atomic E-state index is 12.0. The molecule has 0 spiro atoms. The molecule has 1 aromatic heterocycles. The molecular formula is C12H14N2O4S. The zero-order chi connectivity index (χ0) is 13.6. The molecule has 1 atom stereocenters. The molecule has 3 rings (SSSR count). The minimum atomic E-state index is -3.09. The van der Waals surface area contributed by atoms with Crippen LogP contribution < -0.4 is 5.69 Å². The summed E-state index contributed by atoms with van der Waals surface area (Å²) in [6.45, 7) is 0. The van der Waals surface area contributed by atoms with Crippen molar-refractivity contribution in [2.75, 3.05) is 11.5 Å². The van der Waals surface area contributed by atoms with Gasteiger partial charge in [0.05, 0.1) is 23.1 Å². The first kappa shape index (κ1) is 12.3. The van der Waals surface area contributed by atoms with E-state index >= 15 is 0 Å². The van der Waals surface area contributed by atoms with Gasteiger partial charge in [-0.15, -0.1) is 0 Å². The van der Waals surface area contributed by atoms with Gasteiger partial charge in [0.25, 0.3) is 0 Å². The minimum Gasteiger partial charge on any atom is -0.506 e. The third-order valence-electron chi connectivity index (χ3n) is 3.53. The van der Waals surface area contributed by atoms with E-state index in [1.54, 1.807) is 12.1 Å². The summed E-state index contributed by atoms with van der Waals surface area (Å²) in [4.78, 5) is 14.6. The maximum Gasteiger partial charge on any atom is 0.326 e. The fourth-order valence-corrected chi connectivity index (χ4v) is 4.37. The predicted octanol–water partition coefficient (Wildman–Crippen LogP) is 0.785. The van der Waals surface area contributed by atoms with Crippen LogP contribution in [0.25, 0.3) is 11.0 Å². The predicted molar refractivity (Wildman–Crippen MR) is 71.1 cm³/mol. The van der Waals surface area contributed by atoms with Crippen molar-refractivity contribution < 1.29 is 13.5 Å². The molecule has 19 heavy (non-hydrogen) atoms. The van der Waals surface area contributed by atoms with Gasteiger partial charge in [-0.25, -0.2) is 13.2 Å². The van der Waals surface area contributed by atoms with Crippen LogP contribution >= 0.6 is 0 Å². The number of benzene rings is 1. The molecule has 1 fully saturated rings. The lowest BCUT2D eigenvalue weighted by atomic mass is 10.1. The Morgan fingerprint density at radius 1 is 1.37 bits per heavy atom. The number of hydrogen-bond acceptors (Lipinski definition) is 4. The van der Waals surface area contributed by atoms with Gasteiger partial charge in [-0.2, -0.15) is 0 Å². The second-order valence-electron chi connectivity index (χ2n) is 4.88. The molecule has 1 saturated heterocycles. The Kier molecular flexibility index (Phi) is 2.67. The number of para-hydroxylation sites is 1. The number of aromatic amines is 1. The molecule has 2 heterocycles. The molecule has 0 amide bonds. The first-order valence-electron chi connectivity index (χ1n) is 6.10. The molecule has 1 aliphatic rings. The smallest absolute Gasteiger partial charge is 0.326 e. The van der Waals surface area contributed by atoms with E-state index in [0.29, 0.717) is 23.9 Å². The first-order valence-corrected chi connectivity index (χ1v) is 7.93. The highest BCUT2D eigenvalue weighted by Crippen LogP contribution is 2.28. The Morgan fingerprint density at radius 3 is 2.89 bits per heavy atom. The summed E-state index contributed by atoms with van der Waals surface area (Å²) in [6.07, 6.45) is 1.21. The van der Waals surface area contributed by atoms with Crippen LogP contribution in [0.5, 0.6) is 5.75 Å². The van der Waals surface area contributed by atoms with Crippen molar-refractivity contribution in [1.29, 1.82) is 0 Å². The van der Waals surface area contributed by atoms with Crippen LogP contribution in [0.3, 0.4) is 0 Å². The Hall–Kier alpha value is -1.76. The van der Waals surface area contributed by atoms with E-state index in [9.17, 15) is 18.3 Å². The Labute approximate surface area is 109 Å². The first-order chi connectivity index (χ1) is 8.98. The second-order valence-corrected chi connectivity index (χ2v) is 7.11. The number of rotatable bonds is 1. The molecule has 7 heteroatoms. The van der Waals surface area contributed by atoms with E-state index in [1.807, 2.05) is 0 Å². The quantitative estimate of drug-likeness (QED) is 0.808. The lowest BCUT2D eigenvalue weighted by Gasteiger charge is -2.23. The molecule has 2 N–H and O–H groups in total. The topological polar surface area (TPSA) is 92.2 Å². The molecule has 102 valence electrons. The largest absolute Gasteiger partial charge is 0.506 e. The third-order valence-corrected chi connectivity index (χ3v) is 5.34. The number of hydrogen-bond donors (Lipinski definition) is 2. The second kappa shape index (κ2) is 4.12. The summed E-state index contributed by atoms with van der Waals surface area (Å²) in [7, 11) is -3.09. The number of aromatic hydroxyl groups is 1. The summed E-state index contributed by atoms with van der Waals surface area (Å²) in [5, 5.41) is 9.71. The van der Waals surface area contributed by atoms with E-state index in [4.69, 9.17) is 0 Å². The molecule has 1 aliphatic heterocycles. The number of H-pyrrole nitrogens is 1. The van der Waals surface area contributed by atoms with Gasteiger partial charge < -0.3 is 10.1 Å². The molecule has 0 bridgehead atoms. The maximum atomic E-state index is 12.0. The van der Waals surface area contributed by atoms with Gasteiger partial charge in [-0.05, 0) is 25.0 Å². The van der Waals surface area contributed by atoms with Gasteiger partial charge in [0, 0.05) is 0 Å². The Balaban J connectivity index is 2.18. The average molecular weight is 282 g/mol. The van der Waals surface area contributed by atoms with Crippen molar-refractivity contribution in [3.8, 4) is 5.75 Å². The Bertz CT molecular complexity index is 788. The third kappa shape index (κ3) is 2.03. The van der Waals surface area contributed by atoms with Gasteiger partial charge in [-0.3, -0.25) is 4.57 Å². The minimum absolute atomic E-state index is 0.00739. The van der Waals surface area contributed by atoms with Crippen LogP contribution in [0.15, 0.2) is 23.0 Å². The van der Waals surface area contributed by atoms with Gasteiger partial charge in [0.15, 0.2) is 9.84 Å². The molecule has 0 aliphatic carbocycles. The number of fused-ring (bicyclic) bond motifs is 1. The normalized spacial score (nSPS) is 22.6. The number of sulfone groups is 1. The molecule has 6 nitrogen and oxygen atoms in total. The van der Waals surface area contributed by atoms with Crippen molar-refractivity contribution in [3.63, 3.8) is 0 Å². The summed E-state index contributed by atoms with van der Waals surface area (Å²) >= 11 is 0. The SMILES string of the molecule is O=c1[nH]c2c(O)cccc2n1C1CCCS(=O)(=O)C1. The van der Waals surface area contributed by atoms with Crippen molar-refractivity contribution in [3.05, 3.63) is 28.7 Å². The molecule has 1 unspecified atom stereocenters. The number of nitrogens with one attached hydrogen (secondary N) is 1. The molecule has 0 saturated carbocycles. The van der Waals surface area contributed by atoms with E-state index in [0.717, 1.165) is 0 Å². The van der Waals surface area contributed by atoms with E-state index in [-0.39, 0.29) is 29.0 Å². The standard InChI is InChI=1S/C12H14N2O4S/c15-10-5-1-4-9-11(10)13-12(16)14(9)8-3-2-6-19(17,18)7-8/h1,4-5,8,15H,2-3,6-7H2,(H,13,16). The lowest BCUT2D eigenvalue weighted by Crippen LogP contribution is -2.32. The number of phenolic OH excluding ortho intramolecular Hbond substituents is 1. The number of imidazole rings is 1. The fraction of sp³-hybridized carbons (Fsp3) is 0.417. The van der Waals surface area contributed by atoms with Crippen LogP contribution in [0.4, 0.5) is 0 Å². The highest BCUT2D eigenvalue weighted by molar-refractivity contribution is 7.91. The summed E-state index contributed by atoms with van der Waals surface area (Å²) < 4.78 is 24.8. The van der Waals surface area contributed by atoms with Crippen LogP contribution in [-0.2, 0) is 9.84 Å².